The van der Waals surface area contributed by atoms with Crippen LogP contribution in [0.25, 0.3) is 0 Å². The second kappa shape index (κ2) is 13.7. The molecule has 0 heterocycles. The molecule has 1 nitrogen and oxygen atoms in total. The second-order valence-electron chi connectivity index (χ2n) is 10.0. The summed E-state index contributed by atoms with van der Waals surface area (Å²) in [6, 6.07) is 8.13. The van der Waals surface area contributed by atoms with Gasteiger partial charge < -0.3 is 4.74 Å². The maximum absolute atomic E-state index is 5.63. The predicted molar refractivity (Wildman–Crippen MR) is 133 cm³/mol. The molecule has 0 aliphatic heterocycles. The van der Waals surface area contributed by atoms with Crippen LogP contribution in [-0.4, -0.2) is 6.61 Å². The summed E-state index contributed by atoms with van der Waals surface area (Å²) in [7, 11) is 0. The van der Waals surface area contributed by atoms with Gasteiger partial charge in [-0.3, -0.25) is 0 Å². The molecule has 2 saturated carbocycles. The molecule has 0 bridgehead atoms. The third-order valence-electron chi connectivity index (χ3n) is 7.53. The standard InChI is InChI=1S/C30H44O/c1-3-7-25-10-14-28(15-11-25)18-19-29-16-12-26(13-17-29)8-5-6-9-27-20-22-30(23-21-27)31-24-4-2/h5,8,20-23,25-26,28-29H,3-4,7,10-19,24H2,1-2H3. The second-order valence-corrected chi connectivity index (χ2v) is 10.0. The fraction of sp³-hybridized carbons (Fsp3) is 0.667. The van der Waals surface area contributed by atoms with Gasteiger partial charge in [-0.2, -0.15) is 0 Å². The number of allylic oxidation sites excluding steroid dienone is 2. The summed E-state index contributed by atoms with van der Waals surface area (Å²) in [5.41, 5.74) is 1.06. The Labute approximate surface area is 192 Å². The number of ether oxygens (including phenoxy) is 1. The Morgan fingerprint density at radius 3 is 1.94 bits per heavy atom. The van der Waals surface area contributed by atoms with Crippen LogP contribution in [-0.2, 0) is 0 Å². The average Bonchev–Trinajstić information content (AvgIpc) is 2.82. The molecule has 0 N–H and O–H groups in total. The molecule has 1 aromatic rings. The van der Waals surface area contributed by atoms with Crippen molar-refractivity contribution in [2.45, 2.75) is 97.3 Å². The highest BCUT2D eigenvalue weighted by Gasteiger charge is 2.23. The van der Waals surface area contributed by atoms with Crippen molar-refractivity contribution in [3.05, 3.63) is 42.0 Å². The van der Waals surface area contributed by atoms with E-state index in [-0.39, 0.29) is 0 Å². The topological polar surface area (TPSA) is 9.23 Å². The first kappa shape index (κ1) is 24.0. The fourth-order valence-electron chi connectivity index (χ4n) is 5.52. The van der Waals surface area contributed by atoms with Crippen LogP contribution in [0.2, 0.25) is 0 Å². The molecular weight excluding hydrogens is 376 g/mol. The van der Waals surface area contributed by atoms with E-state index in [1.807, 2.05) is 24.3 Å². The molecule has 0 aromatic heterocycles. The van der Waals surface area contributed by atoms with Crippen molar-refractivity contribution in [2.24, 2.45) is 23.7 Å². The first-order valence-corrected chi connectivity index (χ1v) is 13.2. The molecule has 1 aromatic carbocycles. The van der Waals surface area contributed by atoms with E-state index in [1.165, 1.54) is 77.0 Å². The molecule has 0 saturated heterocycles. The lowest BCUT2D eigenvalue weighted by molar-refractivity contribution is 0.221. The summed E-state index contributed by atoms with van der Waals surface area (Å²) < 4.78 is 5.63. The highest BCUT2D eigenvalue weighted by atomic mass is 16.5. The maximum Gasteiger partial charge on any atom is 0.119 e. The molecule has 0 radical (unpaired) electrons. The molecule has 2 aliphatic rings. The van der Waals surface area contributed by atoms with Crippen LogP contribution in [0, 0.1) is 35.5 Å². The monoisotopic (exact) mass is 420 g/mol. The summed E-state index contributed by atoms with van der Waals surface area (Å²) in [5, 5.41) is 0. The molecule has 2 aliphatic carbocycles. The smallest absolute Gasteiger partial charge is 0.119 e. The molecule has 31 heavy (non-hydrogen) atoms. The Hall–Kier alpha value is -1.68. The van der Waals surface area contributed by atoms with E-state index in [0.29, 0.717) is 0 Å². The molecule has 1 heteroatoms. The average molecular weight is 421 g/mol. The van der Waals surface area contributed by atoms with Crippen molar-refractivity contribution in [3.63, 3.8) is 0 Å². The van der Waals surface area contributed by atoms with Crippen molar-refractivity contribution in [1.29, 1.82) is 0 Å². The van der Waals surface area contributed by atoms with E-state index in [1.54, 1.807) is 0 Å². The van der Waals surface area contributed by atoms with Gasteiger partial charge in [0, 0.05) is 5.56 Å². The maximum atomic E-state index is 5.63. The quantitative estimate of drug-likeness (QED) is 0.363. The lowest BCUT2D eigenvalue weighted by Gasteiger charge is -2.31. The van der Waals surface area contributed by atoms with Gasteiger partial charge >= 0.3 is 0 Å². The van der Waals surface area contributed by atoms with E-state index in [9.17, 15) is 0 Å². The highest BCUT2D eigenvalue weighted by Crippen LogP contribution is 2.37. The summed E-state index contributed by atoms with van der Waals surface area (Å²) in [6.45, 7) is 5.24. The minimum atomic E-state index is 0.736. The number of hydrogen-bond donors (Lipinski definition) is 0. The summed E-state index contributed by atoms with van der Waals surface area (Å²) in [5.74, 6) is 11.2. The largest absolute Gasteiger partial charge is 0.494 e. The Bertz CT molecular complexity index is 688. The van der Waals surface area contributed by atoms with Crippen LogP contribution < -0.4 is 4.74 Å². The molecular formula is C30H44O. The Balaban J connectivity index is 1.30. The van der Waals surface area contributed by atoms with Crippen LogP contribution in [0.15, 0.2) is 36.4 Å². The van der Waals surface area contributed by atoms with E-state index >= 15 is 0 Å². The van der Waals surface area contributed by atoms with Gasteiger partial charge in [-0.15, -0.1) is 0 Å². The minimum absolute atomic E-state index is 0.736. The first-order valence-electron chi connectivity index (χ1n) is 13.2. The van der Waals surface area contributed by atoms with E-state index in [0.717, 1.165) is 48.0 Å². The lowest BCUT2D eigenvalue weighted by atomic mass is 9.75. The van der Waals surface area contributed by atoms with Crippen LogP contribution in [0.4, 0.5) is 0 Å². The molecule has 2 fully saturated rings. The first-order chi connectivity index (χ1) is 15.3. The minimum Gasteiger partial charge on any atom is -0.494 e. The van der Waals surface area contributed by atoms with Crippen LogP contribution in [0.3, 0.4) is 0 Å². The molecule has 0 atom stereocenters. The van der Waals surface area contributed by atoms with Gasteiger partial charge in [-0.25, -0.2) is 0 Å². The highest BCUT2D eigenvalue weighted by molar-refractivity contribution is 5.40. The van der Waals surface area contributed by atoms with Crippen molar-refractivity contribution in [2.75, 3.05) is 6.61 Å². The van der Waals surface area contributed by atoms with Crippen molar-refractivity contribution < 1.29 is 4.74 Å². The zero-order valence-corrected chi connectivity index (χ0v) is 20.1. The van der Waals surface area contributed by atoms with Gasteiger partial charge in [0.25, 0.3) is 0 Å². The third kappa shape index (κ3) is 8.76. The Morgan fingerprint density at radius 1 is 0.774 bits per heavy atom. The van der Waals surface area contributed by atoms with Gasteiger partial charge in [0.05, 0.1) is 6.61 Å². The SMILES string of the molecule is CCCOc1ccc(C#CC=CC2CCC(CCC3CCC(CCC)CC3)CC2)cc1. The van der Waals surface area contributed by atoms with Crippen LogP contribution in [0.1, 0.15) is 103 Å². The lowest BCUT2D eigenvalue weighted by Crippen LogP contribution is -2.17. The van der Waals surface area contributed by atoms with Crippen molar-refractivity contribution in [3.8, 4) is 17.6 Å². The van der Waals surface area contributed by atoms with E-state index in [2.05, 4.69) is 37.8 Å². The van der Waals surface area contributed by atoms with Crippen LogP contribution >= 0.6 is 0 Å². The fourth-order valence-corrected chi connectivity index (χ4v) is 5.52. The van der Waals surface area contributed by atoms with Gasteiger partial charge in [0.1, 0.15) is 5.75 Å². The van der Waals surface area contributed by atoms with Gasteiger partial charge in [-0.1, -0.05) is 83.1 Å². The van der Waals surface area contributed by atoms with Crippen molar-refractivity contribution in [1.82, 2.24) is 0 Å². The van der Waals surface area contributed by atoms with E-state index in [4.69, 9.17) is 4.74 Å². The normalized spacial score (nSPS) is 26.4. The molecule has 3 rings (SSSR count). The molecule has 0 unspecified atom stereocenters. The van der Waals surface area contributed by atoms with Gasteiger partial charge in [0.15, 0.2) is 0 Å². The third-order valence-corrected chi connectivity index (χ3v) is 7.53. The van der Waals surface area contributed by atoms with Crippen molar-refractivity contribution >= 4 is 0 Å². The van der Waals surface area contributed by atoms with E-state index < -0.39 is 0 Å². The molecule has 0 amide bonds. The zero-order valence-electron chi connectivity index (χ0n) is 20.1. The molecule has 170 valence electrons. The van der Waals surface area contributed by atoms with Gasteiger partial charge in [-0.05, 0) is 86.1 Å². The summed E-state index contributed by atoms with van der Waals surface area (Å²) in [4.78, 5) is 0. The number of hydrogen-bond acceptors (Lipinski definition) is 1. The predicted octanol–water partition coefficient (Wildman–Crippen LogP) is 8.58. The van der Waals surface area contributed by atoms with Gasteiger partial charge in [0.2, 0.25) is 0 Å². The zero-order chi connectivity index (χ0) is 21.7. The Morgan fingerprint density at radius 2 is 1.35 bits per heavy atom. The molecule has 0 spiro atoms. The van der Waals surface area contributed by atoms with Crippen LogP contribution in [0.5, 0.6) is 5.75 Å². The number of benzene rings is 1. The summed E-state index contributed by atoms with van der Waals surface area (Å²) >= 11 is 0. The number of rotatable bonds is 9. The Kier molecular flexibility index (Phi) is 10.6. The summed E-state index contributed by atoms with van der Waals surface area (Å²) in [6.07, 6.45) is 22.9.